The summed E-state index contributed by atoms with van der Waals surface area (Å²) in [6.07, 6.45) is 1.88. The molecule has 0 saturated carbocycles. The largest absolute Gasteiger partial charge is 0.426 e. The van der Waals surface area contributed by atoms with Crippen LogP contribution in [0.5, 0.6) is 11.5 Å². The zero-order valence-corrected chi connectivity index (χ0v) is 17.9. The molecule has 0 aromatic heterocycles. The monoisotopic (exact) mass is 388 g/mol. The van der Waals surface area contributed by atoms with E-state index in [4.69, 9.17) is 13.9 Å². The first kappa shape index (κ1) is 21.1. The molecule has 1 atom stereocenters. The van der Waals surface area contributed by atoms with Gasteiger partial charge in [-0.25, -0.2) is 0 Å². The van der Waals surface area contributed by atoms with E-state index in [0.29, 0.717) is 11.5 Å². The molecule has 0 bridgehead atoms. The van der Waals surface area contributed by atoms with Gasteiger partial charge in [-0.3, -0.25) is 9.59 Å². The Bertz CT molecular complexity index is 838. The Labute approximate surface area is 161 Å². The number of fused-ring (bicyclic) bond motifs is 1. The lowest BCUT2D eigenvalue weighted by atomic mass is 10.00. The first-order valence-corrected chi connectivity index (χ1v) is 12.6. The van der Waals surface area contributed by atoms with E-state index in [1.807, 2.05) is 18.2 Å². The average molecular weight is 389 g/mol. The molecule has 0 fully saturated rings. The van der Waals surface area contributed by atoms with Crippen LogP contribution < -0.4 is 9.47 Å². The Hall–Kier alpha value is -2.18. The van der Waals surface area contributed by atoms with Gasteiger partial charge in [0.25, 0.3) is 0 Å². The first-order chi connectivity index (χ1) is 12.6. The normalized spacial score (nSPS) is 12.7. The summed E-state index contributed by atoms with van der Waals surface area (Å²) in [5.41, 5.74) is 1.03. The molecular weight excluding hydrogens is 360 g/mol. The van der Waals surface area contributed by atoms with Gasteiger partial charge in [0.05, 0.1) is 6.10 Å². The number of hydrogen-bond donors (Lipinski definition) is 0. The molecule has 146 valence electrons. The van der Waals surface area contributed by atoms with Crippen LogP contribution in [0.25, 0.3) is 10.8 Å². The van der Waals surface area contributed by atoms with Crippen LogP contribution in [0.4, 0.5) is 0 Å². The Morgan fingerprint density at radius 1 is 0.926 bits per heavy atom. The van der Waals surface area contributed by atoms with Gasteiger partial charge in [-0.2, -0.15) is 0 Å². The van der Waals surface area contributed by atoms with Crippen molar-refractivity contribution in [1.82, 2.24) is 0 Å². The van der Waals surface area contributed by atoms with Gasteiger partial charge in [0.1, 0.15) is 11.5 Å². The SMILES string of the molecule is CCCC(O[Si](C)(C)C)c1ccc2c(OC(C)=O)ccc(OC(C)=O)c2c1. The van der Waals surface area contributed by atoms with Crippen molar-refractivity contribution in [1.29, 1.82) is 0 Å². The van der Waals surface area contributed by atoms with Crippen LogP contribution in [0.15, 0.2) is 30.3 Å². The topological polar surface area (TPSA) is 61.8 Å². The lowest BCUT2D eigenvalue weighted by Gasteiger charge is -2.27. The third-order valence-corrected chi connectivity index (χ3v) is 4.88. The van der Waals surface area contributed by atoms with Crippen LogP contribution in [-0.2, 0) is 14.0 Å². The van der Waals surface area contributed by atoms with E-state index in [9.17, 15) is 9.59 Å². The molecule has 0 amide bonds. The predicted octanol–water partition coefficient (Wildman–Crippen LogP) is 5.38. The molecule has 27 heavy (non-hydrogen) atoms. The molecule has 0 radical (unpaired) electrons. The highest BCUT2D eigenvalue weighted by molar-refractivity contribution is 6.69. The maximum Gasteiger partial charge on any atom is 0.308 e. The zero-order valence-electron chi connectivity index (χ0n) is 16.9. The van der Waals surface area contributed by atoms with Gasteiger partial charge in [0.15, 0.2) is 8.32 Å². The quantitative estimate of drug-likeness (QED) is 0.362. The van der Waals surface area contributed by atoms with E-state index in [2.05, 4.69) is 26.6 Å². The second-order valence-corrected chi connectivity index (χ2v) is 12.0. The highest BCUT2D eigenvalue weighted by Crippen LogP contribution is 2.37. The minimum absolute atomic E-state index is 0.0198. The minimum atomic E-state index is -1.74. The Kier molecular flexibility index (Phi) is 6.78. The van der Waals surface area contributed by atoms with Gasteiger partial charge in [0.2, 0.25) is 0 Å². The van der Waals surface area contributed by atoms with E-state index in [0.717, 1.165) is 29.2 Å². The molecule has 0 saturated heterocycles. The second-order valence-electron chi connectivity index (χ2n) is 7.56. The molecule has 1 unspecified atom stereocenters. The van der Waals surface area contributed by atoms with Crippen molar-refractivity contribution in [2.75, 3.05) is 0 Å². The van der Waals surface area contributed by atoms with Crippen molar-refractivity contribution in [2.24, 2.45) is 0 Å². The number of benzene rings is 2. The summed E-state index contributed by atoms with van der Waals surface area (Å²) in [4.78, 5) is 22.9. The van der Waals surface area contributed by atoms with E-state index >= 15 is 0 Å². The summed E-state index contributed by atoms with van der Waals surface area (Å²) in [6, 6.07) is 9.16. The maximum atomic E-state index is 11.5. The van der Waals surface area contributed by atoms with Crippen molar-refractivity contribution < 1.29 is 23.5 Å². The summed E-state index contributed by atoms with van der Waals surface area (Å²) in [5, 5.41) is 1.44. The van der Waals surface area contributed by atoms with Crippen LogP contribution in [0.2, 0.25) is 19.6 Å². The first-order valence-electron chi connectivity index (χ1n) is 9.22. The molecule has 2 rings (SSSR count). The highest BCUT2D eigenvalue weighted by Gasteiger charge is 2.23. The average Bonchev–Trinajstić information content (AvgIpc) is 2.54. The molecule has 0 heterocycles. The number of carbonyl (C=O) groups excluding carboxylic acids is 2. The molecule has 0 aliphatic carbocycles. The van der Waals surface area contributed by atoms with E-state index in [1.165, 1.54) is 13.8 Å². The van der Waals surface area contributed by atoms with E-state index in [-0.39, 0.29) is 6.10 Å². The van der Waals surface area contributed by atoms with Gasteiger partial charge < -0.3 is 13.9 Å². The fourth-order valence-electron chi connectivity index (χ4n) is 2.98. The van der Waals surface area contributed by atoms with Gasteiger partial charge in [0, 0.05) is 24.6 Å². The van der Waals surface area contributed by atoms with Crippen LogP contribution in [0.1, 0.15) is 45.3 Å². The third-order valence-electron chi connectivity index (χ3n) is 3.89. The predicted molar refractivity (Wildman–Crippen MR) is 109 cm³/mol. The molecule has 0 spiro atoms. The number of hydrogen-bond acceptors (Lipinski definition) is 5. The minimum Gasteiger partial charge on any atom is -0.426 e. The maximum absolute atomic E-state index is 11.5. The summed E-state index contributed by atoms with van der Waals surface area (Å²) in [7, 11) is -1.74. The smallest absolute Gasteiger partial charge is 0.308 e. The summed E-state index contributed by atoms with van der Waals surface area (Å²) in [6.45, 7) is 11.4. The van der Waals surface area contributed by atoms with E-state index in [1.54, 1.807) is 12.1 Å². The second kappa shape index (κ2) is 8.67. The fraction of sp³-hybridized carbons (Fsp3) is 0.429. The molecule has 5 nitrogen and oxygen atoms in total. The van der Waals surface area contributed by atoms with E-state index < -0.39 is 20.3 Å². The van der Waals surface area contributed by atoms with Crippen molar-refractivity contribution in [3.63, 3.8) is 0 Å². The Morgan fingerprint density at radius 2 is 1.48 bits per heavy atom. The molecule has 2 aromatic rings. The van der Waals surface area contributed by atoms with Crippen LogP contribution in [-0.4, -0.2) is 20.3 Å². The molecule has 0 aliphatic rings. The van der Waals surface area contributed by atoms with Crippen molar-refractivity contribution in [3.05, 3.63) is 35.9 Å². The standard InChI is InChI=1S/C21H28O5Si/c1-7-8-19(26-27(4,5)6)16-9-10-17-18(13-16)21(25-15(3)23)12-11-20(17)24-14(2)22/h9-13,19H,7-8H2,1-6H3. The summed E-state index contributed by atoms with van der Waals surface area (Å²) >= 11 is 0. The van der Waals surface area contributed by atoms with Crippen LogP contribution in [0, 0.1) is 0 Å². The molecular formula is C21H28O5Si. The lowest BCUT2D eigenvalue weighted by Crippen LogP contribution is -2.28. The number of carbonyl (C=O) groups is 2. The highest BCUT2D eigenvalue weighted by atomic mass is 28.4. The number of ether oxygens (including phenoxy) is 2. The Balaban J connectivity index is 2.59. The summed E-state index contributed by atoms with van der Waals surface area (Å²) in [5.74, 6) is 0.0912. The number of rotatable bonds is 7. The molecule has 0 N–H and O–H groups in total. The van der Waals surface area contributed by atoms with Crippen LogP contribution >= 0.6 is 0 Å². The van der Waals surface area contributed by atoms with Gasteiger partial charge >= 0.3 is 11.9 Å². The van der Waals surface area contributed by atoms with Gasteiger partial charge in [-0.05, 0) is 49.8 Å². The molecule has 0 aliphatic heterocycles. The molecule has 6 heteroatoms. The van der Waals surface area contributed by atoms with Gasteiger partial charge in [-0.15, -0.1) is 0 Å². The zero-order chi connectivity index (χ0) is 20.2. The van der Waals surface area contributed by atoms with Gasteiger partial charge in [-0.1, -0.05) is 25.5 Å². The Morgan fingerprint density at radius 3 is 1.96 bits per heavy atom. The van der Waals surface area contributed by atoms with Crippen molar-refractivity contribution in [2.45, 2.75) is 59.4 Å². The fourth-order valence-corrected chi connectivity index (χ4v) is 4.09. The summed E-state index contributed by atoms with van der Waals surface area (Å²) < 4.78 is 17.1. The molecule has 2 aromatic carbocycles. The van der Waals surface area contributed by atoms with Crippen LogP contribution in [0.3, 0.4) is 0 Å². The number of esters is 2. The third kappa shape index (κ3) is 5.90. The lowest BCUT2D eigenvalue weighted by molar-refractivity contribution is -0.132. The van der Waals surface area contributed by atoms with Crippen molar-refractivity contribution in [3.8, 4) is 11.5 Å². The van der Waals surface area contributed by atoms with Crippen molar-refractivity contribution >= 4 is 31.0 Å².